The Morgan fingerprint density at radius 2 is 1.75 bits per heavy atom. The van der Waals surface area contributed by atoms with Gasteiger partial charge in [0.2, 0.25) is 5.91 Å². The largest absolute Gasteiger partial charge is 0.493 e. The molecular weight excluding hydrogens is 374 g/mol. The van der Waals surface area contributed by atoms with E-state index in [0.717, 1.165) is 16.7 Å². The molecule has 0 fully saturated rings. The molecule has 0 aliphatic carbocycles. The van der Waals surface area contributed by atoms with Gasteiger partial charge in [0, 0.05) is 22.8 Å². The standard InChI is InChI=1S/C22H27NO4S/c1-5-28(25)16-22(24)23(15-18-9-7-6-8-10-18)14-17(2)19-11-12-20(26-3)21(13-19)27-4/h6-14H,5,15-16H2,1-4H3/b17-14+. The Hall–Kier alpha value is -2.60. The number of methoxy groups -OCH3 is 2. The van der Waals surface area contributed by atoms with Gasteiger partial charge in [0.05, 0.1) is 20.8 Å². The van der Waals surface area contributed by atoms with Crippen molar-refractivity contribution in [2.75, 3.05) is 25.7 Å². The summed E-state index contributed by atoms with van der Waals surface area (Å²) in [4.78, 5) is 14.4. The van der Waals surface area contributed by atoms with Gasteiger partial charge in [0.25, 0.3) is 0 Å². The maximum absolute atomic E-state index is 12.8. The predicted molar refractivity (Wildman–Crippen MR) is 114 cm³/mol. The summed E-state index contributed by atoms with van der Waals surface area (Å²) in [6, 6.07) is 15.4. The molecule has 2 aromatic carbocycles. The van der Waals surface area contributed by atoms with Crippen LogP contribution in [0.15, 0.2) is 54.7 Å². The van der Waals surface area contributed by atoms with Crippen molar-refractivity contribution in [2.24, 2.45) is 0 Å². The highest BCUT2D eigenvalue weighted by Gasteiger charge is 2.16. The van der Waals surface area contributed by atoms with Crippen LogP contribution in [0, 0.1) is 0 Å². The summed E-state index contributed by atoms with van der Waals surface area (Å²) >= 11 is 0. The maximum atomic E-state index is 12.8. The second-order valence-corrected chi connectivity index (χ2v) is 8.01. The number of amides is 1. The van der Waals surface area contributed by atoms with Crippen LogP contribution >= 0.6 is 0 Å². The molecule has 150 valence electrons. The quantitative estimate of drug-likeness (QED) is 0.640. The molecule has 0 saturated heterocycles. The summed E-state index contributed by atoms with van der Waals surface area (Å²) in [6.07, 6.45) is 1.81. The van der Waals surface area contributed by atoms with Gasteiger partial charge >= 0.3 is 0 Å². The van der Waals surface area contributed by atoms with E-state index >= 15 is 0 Å². The van der Waals surface area contributed by atoms with Crippen LogP contribution in [0.4, 0.5) is 0 Å². The minimum Gasteiger partial charge on any atom is -0.493 e. The first-order valence-electron chi connectivity index (χ1n) is 9.07. The van der Waals surface area contributed by atoms with E-state index in [1.807, 2.05) is 68.6 Å². The SMILES string of the molecule is CCS(=O)CC(=O)N(/C=C(\C)c1ccc(OC)c(OC)c1)Cc1ccccc1. The van der Waals surface area contributed by atoms with Crippen LogP contribution in [0.2, 0.25) is 0 Å². The fourth-order valence-electron chi connectivity index (χ4n) is 2.70. The topological polar surface area (TPSA) is 55.8 Å². The molecule has 2 rings (SSSR count). The van der Waals surface area contributed by atoms with E-state index in [9.17, 15) is 9.00 Å². The van der Waals surface area contributed by atoms with E-state index in [1.165, 1.54) is 0 Å². The molecule has 0 N–H and O–H groups in total. The van der Waals surface area contributed by atoms with Crippen molar-refractivity contribution >= 4 is 22.3 Å². The highest BCUT2D eigenvalue weighted by molar-refractivity contribution is 7.85. The van der Waals surface area contributed by atoms with Crippen LogP contribution in [0.5, 0.6) is 11.5 Å². The molecule has 1 amide bonds. The van der Waals surface area contributed by atoms with Crippen molar-refractivity contribution in [3.8, 4) is 11.5 Å². The third-order valence-electron chi connectivity index (χ3n) is 4.31. The lowest BCUT2D eigenvalue weighted by molar-refractivity contribution is -0.126. The van der Waals surface area contributed by atoms with Crippen molar-refractivity contribution < 1.29 is 18.5 Å². The highest BCUT2D eigenvalue weighted by atomic mass is 32.2. The number of carbonyl (C=O) groups is 1. The summed E-state index contributed by atoms with van der Waals surface area (Å²) in [7, 11) is 2.02. The van der Waals surface area contributed by atoms with Gasteiger partial charge in [-0.3, -0.25) is 9.00 Å². The molecule has 1 unspecified atom stereocenters. The third-order valence-corrected chi connectivity index (χ3v) is 5.52. The number of allylic oxidation sites excluding steroid dienone is 1. The van der Waals surface area contributed by atoms with Crippen LogP contribution in [-0.2, 0) is 22.1 Å². The first-order valence-corrected chi connectivity index (χ1v) is 10.6. The maximum Gasteiger partial charge on any atom is 0.239 e. The van der Waals surface area contributed by atoms with Crippen molar-refractivity contribution in [2.45, 2.75) is 20.4 Å². The lowest BCUT2D eigenvalue weighted by Crippen LogP contribution is -2.30. The lowest BCUT2D eigenvalue weighted by atomic mass is 10.1. The molecule has 0 radical (unpaired) electrons. The van der Waals surface area contributed by atoms with Gasteiger partial charge in [0.15, 0.2) is 11.5 Å². The van der Waals surface area contributed by atoms with Crippen molar-refractivity contribution in [3.05, 3.63) is 65.9 Å². The van der Waals surface area contributed by atoms with Gasteiger partial charge in [-0.1, -0.05) is 43.3 Å². The summed E-state index contributed by atoms with van der Waals surface area (Å²) in [5, 5.41) is 0. The zero-order valence-electron chi connectivity index (χ0n) is 16.8. The second kappa shape index (κ2) is 10.7. The molecule has 28 heavy (non-hydrogen) atoms. The Labute approximate surface area is 169 Å². The fourth-order valence-corrected chi connectivity index (χ4v) is 3.34. The van der Waals surface area contributed by atoms with Crippen LogP contribution in [0.25, 0.3) is 5.57 Å². The number of rotatable bonds is 9. The van der Waals surface area contributed by atoms with E-state index in [1.54, 1.807) is 19.1 Å². The molecule has 0 aromatic heterocycles. The molecule has 0 spiro atoms. The molecular formula is C22H27NO4S. The molecule has 0 bridgehead atoms. The Morgan fingerprint density at radius 3 is 2.36 bits per heavy atom. The monoisotopic (exact) mass is 401 g/mol. The van der Waals surface area contributed by atoms with Crippen LogP contribution < -0.4 is 9.47 Å². The number of benzene rings is 2. The summed E-state index contributed by atoms with van der Waals surface area (Å²) in [5.74, 6) is 1.58. The predicted octanol–water partition coefficient (Wildman–Crippen LogP) is 3.86. The number of hydrogen-bond donors (Lipinski definition) is 0. The molecule has 0 aliphatic heterocycles. The van der Waals surface area contributed by atoms with Crippen molar-refractivity contribution in [3.63, 3.8) is 0 Å². The zero-order valence-corrected chi connectivity index (χ0v) is 17.6. The van der Waals surface area contributed by atoms with E-state index in [-0.39, 0.29) is 11.7 Å². The van der Waals surface area contributed by atoms with Crippen LogP contribution in [-0.4, -0.2) is 40.7 Å². The Bertz CT molecular complexity index is 849. The molecule has 1 atom stereocenters. The number of nitrogens with zero attached hydrogens (tertiary/aromatic N) is 1. The molecule has 5 nitrogen and oxygen atoms in total. The Balaban J connectivity index is 2.33. The summed E-state index contributed by atoms with van der Waals surface area (Å²) < 4.78 is 22.6. The third kappa shape index (κ3) is 5.96. The number of carbonyl (C=O) groups excluding carboxylic acids is 1. The minimum absolute atomic E-state index is 0.0129. The molecule has 0 saturated carbocycles. The van der Waals surface area contributed by atoms with E-state index in [2.05, 4.69) is 0 Å². The minimum atomic E-state index is -1.16. The van der Waals surface area contributed by atoms with E-state index < -0.39 is 10.8 Å². The van der Waals surface area contributed by atoms with Gasteiger partial charge in [-0.25, -0.2) is 0 Å². The molecule has 0 heterocycles. The molecule has 2 aromatic rings. The Morgan fingerprint density at radius 1 is 1.07 bits per heavy atom. The van der Waals surface area contributed by atoms with Gasteiger partial charge < -0.3 is 14.4 Å². The number of ether oxygens (including phenoxy) is 2. The van der Waals surface area contributed by atoms with Crippen molar-refractivity contribution in [1.29, 1.82) is 0 Å². The normalized spacial score (nSPS) is 12.4. The first kappa shape index (κ1) is 21.7. The van der Waals surface area contributed by atoms with E-state index in [4.69, 9.17) is 9.47 Å². The molecule has 6 heteroatoms. The first-order chi connectivity index (χ1) is 13.5. The average molecular weight is 402 g/mol. The second-order valence-electron chi connectivity index (χ2n) is 6.26. The number of hydrogen-bond acceptors (Lipinski definition) is 4. The van der Waals surface area contributed by atoms with Crippen LogP contribution in [0.1, 0.15) is 25.0 Å². The average Bonchev–Trinajstić information content (AvgIpc) is 2.73. The zero-order chi connectivity index (χ0) is 20.5. The lowest BCUT2D eigenvalue weighted by Gasteiger charge is -2.20. The summed E-state index contributed by atoms with van der Waals surface area (Å²) in [6.45, 7) is 4.17. The highest BCUT2D eigenvalue weighted by Crippen LogP contribution is 2.30. The van der Waals surface area contributed by atoms with Gasteiger partial charge in [-0.15, -0.1) is 0 Å². The van der Waals surface area contributed by atoms with E-state index in [0.29, 0.717) is 23.8 Å². The fraction of sp³-hybridized carbons (Fsp3) is 0.318. The van der Waals surface area contributed by atoms with Crippen LogP contribution in [0.3, 0.4) is 0 Å². The van der Waals surface area contributed by atoms with Gasteiger partial charge in [0.1, 0.15) is 5.75 Å². The smallest absolute Gasteiger partial charge is 0.239 e. The molecule has 0 aliphatic rings. The van der Waals surface area contributed by atoms with Gasteiger partial charge in [-0.2, -0.15) is 0 Å². The Kier molecular flexibility index (Phi) is 8.26. The van der Waals surface area contributed by atoms with Crippen molar-refractivity contribution in [1.82, 2.24) is 4.90 Å². The van der Waals surface area contributed by atoms with Gasteiger partial charge in [-0.05, 0) is 35.8 Å². The summed E-state index contributed by atoms with van der Waals surface area (Å²) in [5.41, 5.74) is 2.82.